The van der Waals surface area contributed by atoms with Crippen molar-refractivity contribution in [1.82, 2.24) is 5.32 Å². The van der Waals surface area contributed by atoms with E-state index in [2.05, 4.69) is 5.32 Å². The highest BCUT2D eigenvalue weighted by molar-refractivity contribution is 5.87. The molecule has 0 aromatic heterocycles. The van der Waals surface area contributed by atoms with E-state index in [9.17, 15) is 4.79 Å². The predicted molar refractivity (Wildman–Crippen MR) is 76.0 cm³/mol. The van der Waals surface area contributed by atoms with Gasteiger partial charge in [-0.3, -0.25) is 4.79 Å². The fourth-order valence-electron chi connectivity index (χ4n) is 1.70. The minimum Gasteiger partial charge on any atom is -0.346 e. The van der Waals surface area contributed by atoms with E-state index in [1.165, 1.54) is 6.08 Å². The van der Waals surface area contributed by atoms with Gasteiger partial charge in [-0.15, -0.1) is 0 Å². The van der Waals surface area contributed by atoms with Gasteiger partial charge in [-0.05, 0) is 18.6 Å². The predicted octanol–water partition coefficient (Wildman–Crippen LogP) is 2.72. The van der Waals surface area contributed by atoms with Gasteiger partial charge in [-0.1, -0.05) is 43.3 Å². The van der Waals surface area contributed by atoms with E-state index in [1.807, 2.05) is 49.4 Å². The molecule has 0 radical (unpaired) electrons. The Labute approximate surface area is 119 Å². The zero-order chi connectivity index (χ0) is 15.0. The number of nitrogens with zero attached hydrogens (tertiary/aromatic N) is 2. The Hall–Kier alpha value is -2.59. The van der Waals surface area contributed by atoms with Crippen molar-refractivity contribution in [2.45, 2.75) is 19.9 Å². The van der Waals surface area contributed by atoms with E-state index in [-0.39, 0.29) is 17.9 Å². The fraction of sp³-hybridized carbons (Fsp3) is 0.312. The highest BCUT2D eigenvalue weighted by Gasteiger charge is 2.13. The number of amides is 1. The van der Waals surface area contributed by atoms with Crippen molar-refractivity contribution in [3.05, 3.63) is 48.0 Å². The largest absolute Gasteiger partial charge is 0.346 e. The second kappa shape index (κ2) is 7.76. The van der Waals surface area contributed by atoms with Gasteiger partial charge in [0.1, 0.15) is 5.92 Å². The summed E-state index contributed by atoms with van der Waals surface area (Å²) in [5, 5.41) is 20.3. The molecule has 0 fully saturated rings. The Morgan fingerprint density at radius 2 is 1.80 bits per heavy atom. The maximum atomic E-state index is 11.8. The molecule has 0 saturated heterocycles. The summed E-state index contributed by atoms with van der Waals surface area (Å²) in [6, 6.07) is 13.3. The van der Waals surface area contributed by atoms with Crippen LogP contribution in [-0.2, 0) is 4.79 Å². The smallest absolute Gasteiger partial charge is 0.244 e. The monoisotopic (exact) mass is 267 g/mol. The summed E-state index contributed by atoms with van der Waals surface area (Å²) < 4.78 is 0. The number of allylic oxidation sites excluding steroid dienone is 1. The van der Waals surface area contributed by atoms with Gasteiger partial charge in [-0.2, -0.15) is 10.5 Å². The molecule has 1 amide bonds. The third-order valence-corrected chi connectivity index (χ3v) is 3.01. The molecule has 1 aromatic rings. The summed E-state index contributed by atoms with van der Waals surface area (Å²) in [4.78, 5) is 11.8. The van der Waals surface area contributed by atoms with Crippen LogP contribution in [0, 0.1) is 34.5 Å². The first kappa shape index (κ1) is 15.5. The average Bonchev–Trinajstić information content (AvgIpc) is 2.47. The van der Waals surface area contributed by atoms with Crippen LogP contribution < -0.4 is 5.32 Å². The summed E-state index contributed by atoms with van der Waals surface area (Å²) in [5.74, 6) is -1.24. The maximum Gasteiger partial charge on any atom is 0.244 e. The first-order valence-electron chi connectivity index (χ1n) is 6.41. The molecule has 0 aliphatic heterocycles. The van der Waals surface area contributed by atoms with Gasteiger partial charge in [0, 0.05) is 5.92 Å². The normalized spacial score (nSPS) is 13.4. The van der Waals surface area contributed by atoms with Crippen molar-refractivity contribution in [2.24, 2.45) is 11.8 Å². The Balaban J connectivity index is 2.56. The van der Waals surface area contributed by atoms with Crippen LogP contribution >= 0.6 is 0 Å². The van der Waals surface area contributed by atoms with Crippen LogP contribution in [0.4, 0.5) is 0 Å². The van der Waals surface area contributed by atoms with Crippen molar-refractivity contribution in [3.8, 4) is 12.1 Å². The minimum atomic E-state index is -0.731. The number of hydrogen-bond donors (Lipinski definition) is 1. The fourth-order valence-corrected chi connectivity index (χ4v) is 1.70. The lowest BCUT2D eigenvalue weighted by molar-refractivity contribution is -0.117. The summed E-state index contributed by atoms with van der Waals surface area (Å²) in [7, 11) is 0. The van der Waals surface area contributed by atoms with Crippen LogP contribution in [0.5, 0.6) is 0 Å². The van der Waals surface area contributed by atoms with Crippen LogP contribution in [0.1, 0.15) is 25.5 Å². The Morgan fingerprint density at radius 3 is 2.35 bits per heavy atom. The summed E-state index contributed by atoms with van der Waals surface area (Å²) in [6.07, 6.45) is 2.97. The Morgan fingerprint density at radius 1 is 1.20 bits per heavy atom. The number of carbonyl (C=O) groups is 1. The highest BCUT2D eigenvalue weighted by Crippen LogP contribution is 2.12. The Bertz CT molecular complexity index is 537. The minimum absolute atomic E-state index is 0.0913. The molecule has 0 aliphatic carbocycles. The molecule has 4 nitrogen and oxygen atoms in total. The van der Waals surface area contributed by atoms with Crippen LogP contribution in [0.25, 0.3) is 0 Å². The van der Waals surface area contributed by atoms with Gasteiger partial charge in [0.05, 0.1) is 18.2 Å². The molecule has 0 saturated carbocycles. The molecule has 0 spiro atoms. The second-order valence-electron chi connectivity index (χ2n) is 4.60. The first-order chi connectivity index (χ1) is 9.58. The number of hydrogen-bond acceptors (Lipinski definition) is 3. The molecule has 0 bridgehead atoms. The maximum absolute atomic E-state index is 11.8. The second-order valence-corrected chi connectivity index (χ2v) is 4.60. The molecule has 0 aliphatic rings. The summed E-state index contributed by atoms with van der Waals surface area (Å²) in [5.41, 5.74) is 1.02. The molecule has 1 N–H and O–H groups in total. The van der Waals surface area contributed by atoms with Crippen molar-refractivity contribution < 1.29 is 4.79 Å². The lowest BCUT2D eigenvalue weighted by Crippen LogP contribution is -2.24. The van der Waals surface area contributed by atoms with Crippen LogP contribution in [0.15, 0.2) is 42.5 Å². The van der Waals surface area contributed by atoms with Gasteiger partial charge in [0.25, 0.3) is 0 Å². The number of nitriles is 2. The molecular formula is C16H17N3O. The van der Waals surface area contributed by atoms with Crippen LogP contribution in [-0.4, -0.2) is 5.91 Å². The highest BCUT2D eigenvalue weighted by atomic mass is 16.1. The molecule has 1 aromatic carbocycles. The van der Waals surface area contributed by atoms with Gasteiger partial charge in [0.15, 0.2) is 0 Å². The molecule has 0 unspecified atom stereocenters. The van der Waals surface area contributed by atoms with E-state index in [0.29, 0.717) is 0 Å². The molecule has 2 atom stereocenters. The summed E-state index contributed by atoms with van der Waals surface area (Å²) >= 11 is 0. The lowest BCUT2D eigenvalue weighted by atomic mass is 9.96. The lowest BCUT2D eigenvalue weighted by Gasteiger charge is -2.13. The van der Waals surface area contributed by atoms with Crippen molar-refractivity contribution in [3.63, 3.8) is 0 Å². The Kier molecular flexibility index (Phi) is 6.00. The van der Waals surface area contributed by atoms with E-state index in [1.54, 1.807) is 13.0 Å². The third-order valence-electron chi connectivity index (χ3n) is 3.01. The standard InChI is InChI=1S/C16H17N3O/c1-12(15(10-17)11-18)8-9-16(20)19-13(2)14-6-4-3-5-7-14/h3-9,12-13,15H,1-2H3,(H,19,20)/b9-8+/t12-,13+/m1/s1. The van der Waals surface area contributed by atoms with Gasteiger partial charge < -0.3 is 5.32 Å². The number of carbonyl (C=O) groups excluding carboxylic acids is 1. The SMILES string of the molecule is C[C@H](NC(=O)/C=C/[C@@H](C)C(C#N)C#N)c1ccccc1. The van der Waals surface area contributed by atoms with E-state index < -0.39 is 5.92 Å². The van der Waals surface area contributed by atoms with Gasteiger partial charge >= 0.3 is 0 Å². The quantitative estimate of drug-likeness (QED) is 0.833. The first-order valence-corrected chi connectivity index (χ1v) is 6.41. The topological polar surface area (TPSA) is 76.7 Å². The number of rotatable bonds is 5. The molecule has 1 rings (SSSR count). The van der Waals surface area contributed by atoms with E-state index >= 15 is 0 Å². The van der Waals surface area contributed by atoms with Crippen LogP contribution in [0.3, 0.4) is 0 Å². The average molecular weight is 267 g/mol. The number of nitrogens with one attached hydrogen (secondary N) is 1. The molecule has 0 heterocycles. The van der Waals surface area contributed by atoms with E-state index in [0.717, 1.165) is 5.56 Å². The van der Waals surface area contributed by atoms with Gasteiger partial charge in [0.2, 0.25) is 5.91 Å². The zero-order valence-electron chi connectivity index (χ0n) is 11.6. The molecule has 20 heavy (non-hydrogen) atoms. The van der Waals surface area contributed by atoms with E-state index in [4.69, 9.17) is 10.5 Å². The molecular weight excluding hydrogens is 250 g/mol. The molecule has 4 heteroatoms. The number of benzene rings is 1. The van der Waals surface area contributed by atoms with Crippen molar-refractivity contribution in [2.75, 3.05) is 0 Å². The van der Waals surface area contributed by atoms with Gasteiger partial charge in [-0.25, -0.2) is 0 Å². The van der Waals surface area contributed by atoms with Crippen molar-refractivity contribution >= 4 is 5.91 Å². The van der Waals surface area contributed by atoms with Crippen LogP contribution in [0.2, 0.25) is 0 Å². The zero-order valence-corrected chi connectivity index (χ0v) is 11.6. The molecule has 102 valence electrons. The summed E-state index contributed by atoms with van der Waals surface area (Å²) in [6.45, 7) is 3.64. The third kappa shape index (κ3) is 4.59. The van der Waals surface area contributed by atoms with Crippen molar-refractivity contribution in [1.29, 1.82) is 10.5 Å².